The fourth-order valence-electron chi connectivity index (χ4n) is 3.20. The van der Waals surface area contributed by atoms with Gasteiger partial charge in [-0.3, -0.25) is 4.90 Å². The lowest BCUT2D eigenvalue weighted by Crippen LogP contribution is -2.45. The number of urea groups is 1. The summed E-state index contributed by atoms with van der Waals surface area (Å²) in [7, 11) is 0. The molecule has 3 aromatic rings. The van der Waals surface area contributed by atoms with Crippen LogP contribution in [0.15, 0.2) is 54.7 Å². The number of nitrogens with zero attached hydrogens (tertiary/aromatic N) is 4. The van der Waals surface area contributed by atoms with E-state index < -0.39 is 12.7 Å². The van der Waals surface area contributed by atoms with Gasteiger partial charge in [0.15, 0.2) is 5.82 Å². The number of aromatic nitrogens is 2. The number of nitrogen functional groups attached to an aromatic ring is 1. The molecule has 10 heteroatoms. The first-order valence-electron chi connectivity index (χ1n) is 9.42. The zero-order chi connectivity index (χ0) is 22.2. The molecular formula is C21H19F3N6O. The second-order valence-corrected chi connectivity index (χ2v) is 7.14. The van der Waals surface area contributed by atoms with E-state index in [1.807, 2.05) is 31.2 Å². The standard InChI is InChI=1S/C21H19F3N6O/c1-13-2-6-16(7-3-13)29-11-14-10-26-19(27-12-21(22,23)24)28-18(14)30(20(29)31)17-8-4-15(25)5-9-17/h2-10H,11-12,25H2,1H3,(H,26,27,28). The van der Waals surface area contributed by atoms with Crippen LogP contribution < -0.4 is 20.9 Å². The highest BCUT2D eigenvalue weighted by atomic mass is 19.4. The number of nitrogens with two attached hydrogens (primary N) is 1. The van der Waals surface area contributed by atoms with Gasteiger partial charge in [0, 0.05) is 23.1 Å². The molecule has 0 unspecified atom stereocenters. The molecule has 160 valence electrons. The number of alkyl halides is 3. The van der Waals surface area contributed by atoms with Gasteiger partial charge in [-0.15, -0.1) is 0 Å². The molecule has 0 saturated carbocycles. The number of hydrogen-bond donors (Lipinski definition) is 2. The number of nitrogens with one attached hydrogen (secondary N) is 1. The second kappa shape index (κ2) is 7.78. The van der Waals surface area contributed by atoms with Crippen molar-refractivity contribution >= 4 is 34.9 Å². The van der Waals surface area contributed by atoms with Crippen LogP contribution in [0, 0.1) is 6.92 Å². The predicted molar refractivity (Wildman–Crippen MR) is 112 cm³/mol. The van der Waals surface area contributed by atoms with E-state index >= 15 is 0 Å². The van der Waals surface area contributed by atoms with Gasteiger partial charge in [-0.1, -0.05) is 17.7 Å². The van der Waals surface area contributed by atoms with Crippen LogP contribution >= 0.6 is 0 Å². The number of fused-ring (bicyclic) bond motifs is 1. The van der Waals surface area contributed by atoms with Crippen molar-refractivity contribution in [1.29, 1.82) is 0 Å². The minimum atomic E-state index is -4.42. The van der Waals surface area contributed by atoms with E-state index in [0.29, 0.717) is 22.6 Å². The Balaban J connectivity index is 1.77. The predicted octanol–water partition coefficient (Wildman–Crippen LogP) is 4.62. The molecule has 0 atom stereocenters. The molecule has 2 heterocycles. The molecule has 0 saturated heterocycles. The Morgan fingerprint density at radius 3 is 2.35 bits per heavy atom. The molecule has 7 nitrogen and oxygen atoms in total. The molecule has 0 fully saturated rings. The van der Waals surface area contributed by atoms with Gasteiger partial charge in [-0.25, -0.2) is 14.7 Å². The summed E-state index contributed by atoms with van der Waals surface area (Å²) in [5, 5.41) is 2.16. The van der Waals surface area contributed by atoms with Gasteiger partial charge in [-0.05, 0) is 43.3 Å². The Labute approximate surface area is 176 Å². The fourth-order valence-corrected chi connectivity index (χ4v) is 3.20. The lowest BCUT2D eigenvalue weighted by Gasteiger charge is -2.36. The summed E-state index contributed by atoms with van der Waals surface area (Å²) in [4.78, 5) is 24.6. The molecular weight excluding hydrogens is 409 g/mol. The summed E-state index contributed by atoms with van der Waals surface area (Å²) in [6, 6.07) is 13.6. The van der Waals surface area contributed by atoms with Crippen molar-refractivity contribution in [3.05, 3.63) is 65.9 Å². The maximum Gasteiger partial charge on any atom is 0.405 e. The summed E-state index contributed by atoms with van der Waals surface area (Å²) in [6.07, 6.45) is -2.99. The summed E-state index contributed by atoms with van der Waals surface area (Å²) in [5.41, 5.74) is 9.09. The first-order chi connectivity index (χ1) is 14.7. The average Bonchev–Trinajstić information content (AvgIpc) is 2.73. The van der Waals surface area contributed by atoms with Crippen molar-refractivity contribution in [1.82, 2.24) is 9.97 Å². The van der Waals surface area contributed by atoms with Gasteiger partial charge in [0.05, 0.1) is 12.2 Å². The molecule has 0 aliphatic carbocycles. The number of carbonyl (C=O) groups excluding carboxylic acids is 1. The average molecular weight is 428 g/mol. The van der Waals surface area contributed by atoms with Crippen LogP contribution in [0.1, 0.15) is 11.1 Å². The van der Waals surface area contributed by atoms with Crippen LogP contribution in [0.2, 0.25) is 0 Å². The van der Waals surface area contributed by atoms with Crippen molar-refractivity contribution < 1.29 is 18.0 Å². The van der Waals surface area contributed by atoms with Gasteiger partial charge in [0.25, 0.3) is 0 Å². The van der Waals surface area contributed by atoms with Crippen LogP contribution in [0.5, 0.6) is 0 Å². The van der Waals surface area contributed by atoms with E-state index in [9.17, 15) is 18.0 Å². The van der Waals surface area contributed by atoms with E-state index in [1.54, 1.807) is 29.2 Å². The Morgan fingerprint density at radius 1 is 1.06 bits per heavy atom. The summed E-state index contributed by atoms with van der Waals surface area (Å²) in [5.74, 6) is 0.00548. The Morgan fingerprint density at radius 2 is 1.71 bits per heavy atom. The molecule has 1 aliphatic heterocycles. The maximum atomic E-state index is 13.4. The Kier molecular flexibility index (Phi) is 5.14. The molecule has 1 aromatic heterocycles. The van der Waals surface area contributed by atoms with Crippen molar-refractivity contribution in [2.45, 2.75) is 19.6 Å². The normalized spacial score (nSPS) is 13.9. The maximum absolute atomic E-state index is 13.4. The highest BCUT2D eigenvalue weighted by Gasteiger charge is 2.35. The third-order valence-electron chi connectivity index (χ3n) is 4.75. The number of hydrogen-bond acceptors (Lipinski definition) is 5. The lowest BCUT2D eigenvalue weighted by molar-refractivity contribution is -0.115. The van der Waals surface area contributed by atoms with Crippen LogP contribution in [0.3, 0.4) is 0 Å². The molecule has 3 N–H and O–H groups in total. The van der Waals surface area contributed by atoms with Crippen molar-refractivity contribution in [2.75, 3.05) is 27.4 Å². The van der Waals surface area contributed by atoms with Crippen molar-refractivity contribution in [3.63, 3.8) is 0 Å². The third kappa shape index (κ3) is 4.37. The van der Waals surface area contributed by atoms with E-state index in [4.69, 9.17) is 5.73 Å². The SMILES string of the molecule is Cc1ccc(N2Cc3cnc(NCC(F)(F)F)nc3N(c3ccc(N)cc3)C2=O)cc1. The Hall–Kier alpha value is -3.82. The number of benzene rings is 2. The molecule has 1 aliphatic rings. The molecule has 31 heavy (non-hydrogen) atoms. The minimum Gasteiger partial charge on any atom is -0.399 e. The highest BCUT2D eigenvalue weighted by Crippen LogP contribution is 2.36. The number of rotatable bonds is 4. The smallest absolute Gasteiger partial charge is 0.399 e. The highest BCUT2D eigenvalue weighted by molar-refractivity contribution is 6.10. The Bertz CT molecular complexity index is 1100. The van der Waals surface area contributed by atoms with Crippen LogP contribution in [-0.4, -0.2) is 28.7 Å². The van der Waals surface area contributed by atoms with Gasteiger partial charge in [0.1, 0.15) is 6.54 Å². The number of anilines is 5. The summed E-state index contributed by atoms with van der Waals surface area (Å²) < 4.78 is 37.8. The summed E-state index contributed by atoms with van der Waals surface area (Å²) in [6.45, 7) is 0.848. The van der Waals surface area contributed by atoms with Crippen LogP contribution in [0.4, 0.5) is 46.8 Å². The van der Waals surface area contributed by atoms with Gasteiger partial charge in [-0.2, -0.15) is 18.2 Å². The summed E-state index contributed by atoms with van der Waals surface area (Å²) >= 11 is 0. The van der Waals surface area contributed by atoms with Gasteiger partial charge >= 0.3 is 12.2 Å². The van der Waals surface area contributed by atoms with E-state index in [0.717, 1.165) is 5.56 Å². The van der Waals surface area contributed by atoms with E-state index in [-0.39, 0.29) is 24.3 Å². The second-order valence-electron chi connectivity index (χ2n) is 7.14. The zero-order valence-corrected chi connectivity index (χ0v) is 16.5. The first-order valence-corrected chi connectivity index (χ1v) is 9.42. The molecule has 2 amide bonds. The number of aryl methyl sites for hydroxylation is 1. The monoisotopic (exact) mass is 428 g/mol. The minimum absolute atomic E-state index is 0.183. The molecule has 0 radical (unpaired) electrons. The molecule has 2 aromatic carbocycles. The molecule has 0 bridgehead atoms. The first kappa shape index (κ1) is 20.5. The van der Waals surface area contributed by atoms with Crippen molar-refractivity contribution in [2.24, 2.45) is 0 Å². The van der Waals surface area contributed by atoms with Crippen molar-refractivity contribution in [3.8, 4) is 0 Å². The molecule has 4 rings (SSSR count). The van der Waals surface area contributed by atoms with Crippen LogP contribution in [-0.2, 0) is 6.54 Å². The van der Waals surface area contributed by atoms with E-state index in [2.05, 4.69) is 15.3 Å². The van der Waals surface area contributed by atoms with E-state index in [1.165, 1.54) is 11.1 Å². The largest absolute Gasteiger partial charge is 0.405 e. The zero-order valence-electron chi connectivity index (χ0n) is 16.5. The van der Waals surface area contributed by atoms with Gasteiger partial charge in [0.2, 0.25) is 5.95 Å². The number of carbonyl (C=O) groups is 1. The number of amides is 2. The third-order valence-corrected chi connectivity index (χ3v) is 4.75. The van der Waals surface area contributed by atoms with Gasteiger partial charge < -0.3 is 11.1 Å². The number of halogens is 3. The fraction of sp³-hybridized carbons (Fsp3) is 0.190. The molecule has 0 spiro atoms. The lowest BCUT2D eigenvalue weighted by atomic mass is 10.1. The van der Waals surface area contributed by atoms with Crippen LogP contribution in [0.25, 0.3) is 0 Å². The quantitative estimate of drug-likeness (QED) is 0.592. The topological polar surface area (TPSA) is 87.4 Å².